The Bertz CT molecular complexity index is 338. The van der Waals surface area contributed by atoms with Crippen LogP contribution in [0.3, 0.4) is 0 Å². The second kappa shape index (κ2) is 15.4. The van der Waals surface area contributed by atoms with Gasteiger partial charge in [-0.1, -0.05) is 78.1 Å². The fourth-order valence-electron chi connectivity index (χ4n) is 4.37. The van der Waals surface area contributed by atoms with Crippen molar-refractivity contribution in [1.29, 1.82) is 0 Å². The third-order valence-corrected chi connectivity index (χ3v) is 6.17. The van der Waals surface area contributed by atoms with Gasteiger partial charge in [-0.25, -0.2) is 0 Å². The maximum atomic E-state index is 11.3. The molecule has 0 aromatic rings. The lowest BCUT2D eigenvalue weighted by Crippen LogP contribution is -2.05. The van der Waals surface area contributed by atoms with Gasteiger partial charge in [0.25, 0.3) is 0 Å². The van der Waals surface area contributed by atoms with E-state index in [1.807, 2.05) is 0 Å². The first-order valence-electron chi connectivity index (χ1n) is 11.7. The van der Waals surface area contributed by atoms with Crippen molar-refractivity contribution in [3.63, 3.8) is 0 Å². The van der Waals surface area contributed by atoms with Crippen LogP contribution >= 0.6 is 0 Å². The third-order valence-electron chi connectivity index (χ3n) is 6.17. The minimum Gasteiger partial charge on any atom is -0.299 e. The van der Waals surface area contributed by atoms with Gasteiger partial charge in [0.15, 0.2) is 0 Å². The van der Waals surface area contributed by atoms with E-state index in [0.29, 0.717) is 23.4 Å². The Balaban J connectivity index is 0.000000260. The van der Waals surface area contributed by atoms with Gasteiger partial charge in [-0.2, -0.15) is 0 Å². The molecule has 2 nitrogen and oxygen atoms in total. The van der Waals surface area contributed by atoms with E-state index in [1.165, 1.54) is 89.9 Å². The summed E-state index contributed by atoms with van der Waals surface area (Å²) in [5.41, 5.74) is 0. The van der Waals surface area contributed by atoms with Gasteiger partial charge in [0.1, 0.15) is 11.6 Å². The first-order chi connectivity index (χ1) is 12.7. The molecule has 2 rings (SSSR count). The molecule has 0 heterocycles. The fraction of sp³-hybridized carbons (Fsp3) is 0.917. The quantitative estimate of drug-likeness (QED) is 0.337. The van der Waals surface area contributed by atoms with Crippen LogP contribution in [0.4, 0.5) is 0 Å². The highest BCUT2D eigenvalue weighted by atomic mass is 16.1. The molecule has 2 aliphatic rings. The summed E-state index contributed by atoms with van der Waals surface area (Å²) >= 11 is 0. The second-order valence-corrected chi connectivity index (χ2v) is 8.52. The molecule has 0 aromatic heterocycles. The van der Waals surface area contributed by atoms with E-state index in [1.54, 1.807) is 0 Å². The van der Waals surface area contributed by atoms with Crippen molar-refractivity contribution in [2.75, 3.05) is 0 Å². The third kappa shape index (κ3) is 10.5. The Morgan fingerprint density at radius 3 is 1.31 bits per heavy atom. The molecule has 0 bridgehead atoms. The monoisotopic (exact) mass is 364 g/mol. The molecule has 0 aliphatic heterocycles. The lowest BCUT2D eigenvalue weighted by atomic mass is 9.98. The summed E-state index contributed by atoms with van der Waals surface area (Å²) in [6.07, 6.45) is 22.0. The van der Waals surface area contributed by atoms with Crippen LogP contribution in [0, 0.1) is 11.8 Å². The topological polar surface area (TPSA) is 34.1 Å². The summed E-state index contributed by atoms with van der Waals surface area (Å²) < 4.78 is 0. The maximum absolute atomic E-state index is 11.3. The average molecular weight is 365 g/mol. The highest BCUT2D eigenvalue weighted by Crippen LogP contribution is 2.27. The van der Waals surface area contributed by atoms with Gasteiger partial charge in [-0.15, -0.1) is 0 Å². The van der Waals surface area contributed by atoms with Crippen LogP contribution < -0.4 is 0 Å². The number of ketones is 2. The summed E-state index contributed by atoms with van der Waals surface area (Å²) in [5.74, 6) is 1.97. The number of carbonyl (C=O) groups excluding carboxylic acids is 2. The Kier molecular flexibility index (Phi) is 13.9. The number of hydrogen-bond acceptors (Lipinski definition) is 2. The van der Waals surface area contributed by atoms with Crippen LogP contribution in [0.25, 0.3) is 0 Å². The number of carbonyl (C=O) groups is 2. The van der Waals surface area contributed by atoms with Crippen molar-refractivity contribution in [2.24, 2.45) is 11.8 Å². The Labute approximate surface area is 162 Å². The van der Waals surface area contributed by atoms with Gasteiger partial charge in [-0.3, -0.25) is 9.59 Å². The van der Waals surface area contributed by atoms with Crippen molar-refractivity contribution >= 4 is 11.6 Å². The van der Waals surface area contributed by atoms with Crippen LogP contribution in [0.15, 0.2) is 0 Å². The largest absolute Gasteiger partial charge is 0.299 e. The zero-order chi connectivity index (χ0) is 19.0. The molecule has 2 heteroatoms. The summed E-state index contributed by atoms with van der Waals surface area (Å²) in [6, 6.07) is 0. The van der Waals surface area contributed by atoms with E-state index in [9.17, 15) is 9.59 Å². The summed E-state index contributed by atoms with van der Waals surface area (Å²) in [6.45, 7) is 4.47. The molecule has 26 heavy (non-hydrogen) atoms. The molecule has 2 atom stereocenters. The van der Waals surface area contributed by atoms with Gasteiger partial charge >= 0.3 is 0 Å². The molecule has 2 aliphatic carbocycles. The van der Waals surface area contributed by atoms with Gasteiger partial charge in [0.2, 0.25) is 0 Å². The molecule has 0 radical (unpaired) electrons. The van der Waals surface area contributed by atoms with Gasteiger partial charge in [-0.05, 0) is 38.5 Å². The average Bonchev–Trinajstić information content (AvgIpc) is 3.23. The maximum Gasteiger partial charge on any atom is 0.135 e. The van der Waals surface area contributed by atoms with Crippen molar-refractivity contribution in [3.05, 3.63) is 0 Å². The molecule has 2 fully saturated rings. The predicted octanol–water partition coefficient (Wildman–Crippen LogP) is 7.43. The number of hydrogen-bond donors (Lipinski definition) is 0. The molecule has 152 valence electrons. The molecule has 0 aromatic carbocycles. The molecule has 0 spiro atoms. The van der Waals surface area contributed by atoms with Gasteiger partial charge in [0, 0.05) is 24.7 Å². The van der Waals surface area contributed by atoms with E-state index >= 15 is 0 Å². The standard InChI is InChI=1S/2C12H22O/c2*1-2-3-4-5-6-8-11-9-7-10-12(11)13/h2*11H,2-10H2,1H3. The zero-order valence-corrected chi connectivity index (χ0v) is 17.7. The summed E-state index contributed by atoms with van der Waals surface area (Å²) in [7, 11) is 0. The van der Waals surface area contributed by atoms with E-state index in [-0.39, 0.29) is 0 Å². The Morgan fingerprint density at radius 1 is 0.615 bits per heavy atom. The van der Waals surface area contributed by atoms with Crippen LogP contribution in [0.1, 0.15) is 129 Å². The van der Waals surface area contributed by atoms with Crippen molar-refractivity contribution in [2.45, 2.75) is 129 Å². The highest BCUT2D eigenvalue weighted by Gasteiger charge is 2.23. The van der Waals surface area contributed by atoms with Gasteiger partial charge in [0.05, 0.1) is 0 Å². The molecule has 0 amide bonds. The molecule has 2 saturated carbocycles. The van der Waals surface area contributed by atoms with Crippen LogP contribution in [-0.2, 0) is 9.59 Å². The lowest BCUT2D eigenvalue weighted by Gasteiger charge is -2.06. The SMILES string of the molecule is CCCCCCCC1CCCC1=O.CCCCCCCC1CCCC1=O. The summed E-state index contributed by atoms with van der Waals surface area (Å²) in [4.78, 5) is 22.6. The lowest BCUT2D eigenvalue weighted by molar-refractivity contribution is -0.121. The zero-order valence-electron chi connectivity index (χ0n) is 17.7. The van der Waals surface area contributed by atoms with E-state index in [2.05, 4.69) is 13.8 Å². The van der Waals surface area contributed by atoms with Crippen LogP contribution in [0.2, 0.25) is 0 Å². The first-order valence-corrected chi connectivity index (χ1v) is 11.7. The van der Waals surface area contributed by atoms with Crippen molar-refractivity contribution in [1.82, 2.24) is 0 Å². The van der Waals surface area contributed by atoms with Crippen LogP contribution in [0.5, 0.6) is 0 Å². The van der Waals surface area contributed by atoms with E-state index < -0.39 is 0 Å². The molecule has 0 N–H and O–H groups in total. The Hall–Kier alpha value is -0.660. The molecule has 0 saturated heterocycles. The van der Waals surface area contributed by atoms with Crippen molar-refractivity contribution < 1.29 is 9.59 Å². The minimum absolute atomic E-state index is 0.446. The molecular formula is C24H44O2. The molecule has 2 unspecified atom stereocenters. The second-order valence-electron chi connectivity index (χ2n) is 8.52. The number of unbranched alkanes of at least 4 members (excludes halogenated alkanes) is 8. The van der Waals surface area contributed by atoms with Gasteiger partial charge < -0.3 is 0 Å². The van der Waals surface area contributed by atoms with Crippen molar-refractivity contribution in [3.8, 4) is 0 Å². The van der Waals surface area contributed by atoms with E-state index in [4.69, 9.17) is 0 Å². The number of rotatable bonds is 12. The smallest absolute Gasteiger partial charge is 0.135 e. The molecular weight excluding hydrogens is 320 g/mol. The first kappa shape index (κ1) is 23.4. The van der Waals surface area contributed by atoms with Crippen LogP contribution in [-0.4, -0.2) is 11.6 Å². The fourth-order valence-corrected chi connectivity index (χ4v) is 4.37. The summed E-state index contributed by atoms with van der Waals surface area (Å²) in [5, 5.41) is 0. The minimum atomic E-state index is 0.446. The predicted molar refractivity (Wildman–Crippen MR) is 111 cm³/mol. The van der Waals surface area contributed by atoms with E-state index in [0.717, 1.165) is 25.7 Å². The number of Topliss-reactive ketones (excluding diaryl/α,β-unsaturated/α-hetero) is 2. The normalized spacial score (nSPS) is 22.5. The Morgan fingerprint density at radius 2 is 1.00 bits per heavy atom. The highest BCUT2D eigenvalue weighted by molar-refractivity contribution is 5.83.